The molecule has 26 heavy (non-hydrogen) atoms. The number of likely N-dealkylation sites (N-methyl/N-ethyl adjacent to an activating group) is 1. The topological polar surface area (TPSA) is 48.5 Å². The summed E-state index contributed by atoms with van der Waals surface area (Å²) < 4.78 is 0. The van der Waals surface area contributed by atoms with Crippen LogP contribution < -0.4 is 10.2 Å². The van der Waals surface area contributed by atoms with Crippen LogP contribution >= 0.6 is 0 Å². The monoisotopic (exact) mass is 348 g/mol. The molecule has 3 atom stereocenters. The van der Waals surface area contributed by atoms with Crippen molar-refractivity contribution in [3.63, 3.8) is 0 Å². The maximum atomic E-state index is 13.4. The summed E-state index contributed by atoms with van der Waals surface area (Å²) in [5.74, 6) is 2.05. The summed E-state index contributed by atoms with van der Waals surface area (Å²) in [4.78, 5) is 22.3. The second-order valence-corrected chi connectivity index (χ2v) is 7.75. The van der Waals surface area contributed by atoms with Crippen LogP contribution in [0.5, 0.6) is 0 Å². The lowest BCUT2D eigenvalue weighted by Crippen LogP contribution is -2.35. The molecule has 0 spiro atoms. The zero-order valence-corrected chi connectivity index (χ0v) is 15.1. The third-order valence-corrected chi connectivity index (χ3v) is 6.22. The first-order valence-electron chi connectivity index (χ1n) is 9.50. The van der Waals surface area contributed by atoms with Gasteiger partial charge in [-0.15, -0.1) is 0 Å². The zero-order chi connectivity index (χ0) is 17.7. The molecule has 5 rings (SSSR count). The molecular weight excluding hydrogens is 324 g/mol. The number of pyridine rings is 1. The number of amides is 1. The number of nitrogens with one attached hydrogen (secondary N) is 1. The largest absolute Gasteiger partial charge is 0.359 e. The lowest BCUT2D eigenvalue weighted by Gasteiger charge is -2.28. The van der Waals surface area contributed by atoms with E-state index in [4.69, 9.17) is 4.98 Å². The number of rotatable bonds is 2. The first kappa shape index (κ1) is 15.8. The maximum Gasteiger partial charge on any atom is 0.273 e. The number of carbonyl (C=O) groups is 1. The number of benzene rings is 1. The van der Waals surface area contributed by atoms with E-state index in [0.717, 1.165) is 38.4 Å². The van der Waals surface area contributed by atoms with Crippen molar-refractivity contribution >= 4 is 11.7 Å². The Balaban J connectivity index is 1.50. The molecule has 0 aliphatic carbocycles. The fraction of sp³-hybridized carbons (Fsp3) is 0.429. The van der Waals surface area contributed by atoms with Gasteiger partial charge in [0.2, 0.25) is 0 Å². The number of hydrogen-bond donors (Lipinski definition) is 1. The molecule has 2 saturated heterocycles. The number of nitrogens with zero attached hydrogens (tertiary/aromatic N) is 3. The van der Waals surface area contributed by atoms with Crippen molar-refractivity contribution in [3.05, 3.63) is 59.3 Å². The smallest absolute Gasteiger partial charge is 0.273 e. The Morgan fingerprint density at radius 3 is 2.85 bits per heavy atom. The number of fused-ring (bicyclic) bond motifs is 2. The van der Waals surface area contributed by atoms with Crippen molar-refractivity contribution in [1.82, 2.24) is 15.2 Å². The molecular formula is C21H24N4O. The molecule has 0 bridgehead atoms. The third-order valence-electron chi connectivity index (χ3n) is 6.22. The quantitative estimate of drug-likeness (QED) is 0.903. The van der Waals surface area contributed by atoms with Gasteiger partial charge in [0.25, 0.3) is 5.91 Å². The lowest BCUT2D eigenvalue weighted by atomic mass is 9.89. The van der Waals surface area contributed by atoms with Gasteiger partial charge >= 0.3 is 0 Å². The molecule has 5 nitrogen and oxygen atoms in total. The standard InChI is InChI=1S/C21H24N4O/c1-24-10-9-15-7-8-18(23-20(15)24)21(26)25-13-16-11-22-12-17(16)19(25)14-5-3-2-4-6-14/h2-8,16-17,19,22H,9-13H2,1H3/t16-,17-,19-/m0/s1. The average Bonchev–Trinajstić information content (AvgIpc) is 3.36. The summed E-state index contributed by atoms with van der Waals surface area (Å²) in [5.41, 5.74) is 3.05. The Labute approximate surface area is 154 Å². The van der Waals surface area contributed by atoms with Crippen molar-refractivity contribution < 1.29 is 4.79 Å². The number of aromatic nitrogens is 1. The summed E-state index contributed by atoms with van der Waals surface area (Å²) in [6.45, 7) is 3.77. The highest BCUT2D eigenvalue weighted by atomic mass is 16.2. The number of anilines is 1. The minimum Gasteiger partial charge on any atom is -0.359 e. The summed E-state index contributed by atoms with van der Waals surface area (Å²) in [7, 11) is 2.05. The van der Waals surface area contributed by atoms with Crippen LogP contribution in [0.4, 0.5) is 5.82 Å². The van der Waals surface area contributed by atoms with Crippen molar-refractivity contribution in [2.45, 2.75) is 12.5 Å². The summed E-state index contributed by atoms with van der Waals surface area (Å²) in [6, 6.07) is 14.6. The van der Waals surface area contributed by atoms with E-state index in [1.807, 2.05) is 19.2 Å². The molecule has 2 fully saturated rings. The van der Waals surface area contributed by atoms with E-state index in [0.29, 0.717) is 17.5 Å². The molecule has 1 N–H and O–H groups in total. The van der Waals surface area contributed by atoms with Crippen LogP contribution in [0.25, 0.3) is 0 Å². The summed E-state index contributed by atoms with van der Waals surface area (Å²) in [6.07, 6.45) is 1.01. The van der Waals surface area contributed by atoms with Gasteiger partial charge in [0.05, 0.1) is 6.04 Å². The Morgan fingerprint density at radius 1 is 1.15 bits per heavy atom. The average molecular weight is 348 g/mol. The van der Waals surface area contributed by atoms with E-state index in [-0.39, 0.29) is 11.9 Å². The van der Waals surface area contributed by atoms with Crippen molar-refractivity contribution in [1.29, 1.82) is 0 Å². The van der Waals surface area contributed by atoms with Crippen molar-refractivity contribution in [2.75, 3.05) is 38.1 Å². The molecule has 1 amide bonds. The van der Waals surface area contributed by atoms with Crippen LogP contribution in [0.15, 0.2) is 42.5 Å². The molecule has 5 heteroatoms. The van der Waals surface area contributed by atoms with E-state index >= 15 is 0 Å². The Bertz CT molecular complexity index is 837. The zero-order valence-electron chi connectivity index (χ0n) is 15.1. The van der Waals surface area contributed by atoms with Gasteiger partial charge < -0.3 is 15.1 Å². The fourth-order valence-electron chi connectivity index (χ4n) is 4.87. The molecule has 0 unspecified atom stereocenters. The Kier molecular flexibility index (Phi) is 3.71. The summed E-state index contributed by atoms with van der Waals surface area (Å²) >= 11 is 0. The fourth-order valence-corrected chi connectivity index (χ4v) is 4.87. The molecule has 4 heterocycles. The SMILES string of the molecule is CN1CCc2ccc(C(=O)N3C[C@@H]4CNC[C@@H]4[C@@H]3c3ccccc3)nc21. The molecule has 0 radical (unpaired) electrons. The third kappa shape index (κ3) is 2.42. The Morgan fingerprint density at radius 2 is 2.00 bits per heavy atom. The van der Waals surface area contributed by atoms with Crippen molar-refractivity contribution in [2.24, 2.45) is 11.8 Å². The summed E-state index contributed by atoms with van der Waals surface area (Å²) in [5, 5.41) is 3.50. The maximum absolute atomic E-state index is 13.4. The van der Waals surface area contributed by atoms with Crippen LogP contribution in [0.3, 0.4) is 0 Å². The van der Waals surface area contributed by atoms with Gasteiger partial charge in [-0.1, -0.05) is 36.4 Å². The molecule has 2 aromatic rings. The molecule has 134 valence electrons. The number of carbonyl (C=O) groups excluding carboxylic acids is 1. The van der Waals surface area contributed by atoms with Crippen LogP contribution in [0.1, 0.15) is 27.7 Å². The predicted octanol–water partition coefficient (Wildman–Crippen LogP) is 2.11. The molecule has 1 aromatic heterocycles. The van der Waals surface area contributed by atoms with Gasteiger partial charge in [0.15, 0.2) is 0 Å². The van der Waals surface area contributed by atoms with E-state index in [1.54, 1.807) is 0 Å². The van der Waals surface area contributed by atoms with Gasteiger partial charge in [-0.25, -0.2) is 4.98 Å². The lowest BCUT2D eigenvalue weighted by molar-refractivity contribution is 0.0708. The van der Waals surface area contributed by atoms with Gasteiger partial charge in [0, 0.05) is 39.1 Å². The Hall–Kier alpha value is -2.40. The minimum absolute atomic E-state index is 0.0661. The highest BCUT2D eigenvalue weighted by molar-refractivity contribution is 5.93. The van der Waals surface area contributed by atoms with Gasteiger partial charge in [-0.05, 0) is 29.5 Å². The van der Waals surface area contributed by atoms with E-state index in [1.165, 1.54) is 11.1 Å². The highest BCUT2D eigenvalue weighted by Crippen LogP contribution is 2.43. The van der Waals surface area contributed by atoms with Gasteiger partial charge in [-0.3, -0.25) is 4.79 Å². The first-order chi connectivity index (χ1) is 12.7. The van der Waals surface area contributed by atoms with E-state index in [9.17, 15) is 4.79 Å². The second-order valence-electron chi connectivity index (χ2n) is 7.75. The van der Waals surface area contributed by atoms with Crippen LogP contribution in [0.2, 0.25) is 0 Å². The van der Waals surface area contributed by atoms with E-state index < -0.39 is 0 Å². The van der Waals surface area contributed by atoms with Gasteiger partial charge in [0.1, 0.15) is 11.5 Å². The van der Waals surface area contributed by atoms with Crippen LogP contribution in [-0.2, 0) is 6.42 Å². The van der Waals surface area contributed by atoms with E-state index in [2.05, 4.69) is 45.4 Å². The first-order valence-corrected chi connectivity index (χ1v) is 9.50. The number of likely N-dealkylation sites (tertiary alicyclic amines) is 1. The highest BCUT2D eigenvalue weighted by Gasteiger charge is 2.47. The van der Waals surface area contributed by atoms with Crippen molar-refractivity contribution in [3.8, 4) is 0 Å². The number of hydrogen-bond acceptors (Lipinski definition) is 4. The van der Waals surface area contributed by atoms with Crippen LogP contribution in [0, 0.1) is 11.8 Å². The predicted molar refractivity (Wildman–Crippen MR) is 101 cm³/mol. The minimum atomic E-state index is 0.0661. The molecule has 3 aliphatic heterocycles. The molecule has 0 saturated carbocycles. The molecule has 1 aromatic carbocycles. The van der Waals surface area contributed by atoms with Crippen LogP contribution in [-0.4, -0.2) is 49.0 Å². The van der Waals surface area contributed by atoms with Gasteiger partial charge in [-0.2, -0.15) is 0 Å². The molecule has 3 aliphatic rings. The second kappa shape index (κ2) is 6.09. The normalized spacial score (nSPS) is 26.9.